The molecule has 1 atom stereocenters. The molecule has 0 radical (unpaired) electrons. The Labute approximate surface area is 126 Å². The van der Waals surface area contributed by atoms with Gasteiger partial charge < -0.3 is 0 Å². The highest BCUT2D eigenvalue weighted by molar-refractivity contribution is 6.30. The average Bonchev–Trinajstić information content (AvgIpc) is 2.41. The van der Waals surface area contributed by atoms with E-state index >= 15 is 0 Å². The fourth-order valence-electron chi connectivity index (χ4n) is 3.01. The van der Waals surface area contributed by atoms with Gasteiger partial charge in [-0.1, -0.05) is 24.6 Å². The topological polar surface area (TPSA) is 6.48 Å². The number of hydrogen-bond acceptors (Lipinski definition) is 2. The number of rotatable bonds is 4. The summed E-state index contributed by atoms with van der Waals surface area (Å²) in [5, 5.41) is 0.460. The minimum Gasteiger partial charge on any atom is -0.296 e. The summed E-state index contributed by atoms with van der Waals surface area (Å²) in [5.74, 6) is -0.197. The van der Waals surface area contributed by atoms with Gasteiger partial charge in [-0.2, -0.15) is 0 Å². The van der Waals surface area contributed by atoms with Crippen molar-refractivity contribution in [2.45, 2.75) is 45.8 Å². The van der Waals surface area contributed by atoms with E-state index in [0.29, 0.717) is 23.7 Å². The van der Waals surface area contributed by atoms with Crippen LogP contribution in [0.1, 0.15) is 32.8 Å². The van der Waals surface area contributed by atoms with E-state index in [1.807, 2.05) is 0 Å². The highest BCUT2D eigenvalue weighted by atomic mass is 35.5. The Hall–Kier alpha value is -0.640. The second-order valence-corrected chi connectivity index (χ2v) is 6.30. The van der Waals surface area contributed by atoms with Gasteiger partial charge in [-0.15, -0.1) is 0 Å². The first kappa shape index (κ1) is 15.7. The van der Waals surface area contributed by atoms with E-state index in [2.05, 4.69) is 30.6 Å². The van der Waals surface area contributed by atoms with Gasteiger partial charge in [0.2, 0.25) is 0 Å². The molecule has 0 bridgehead atoms. The maximum atomic E-state index is 13.9. The van der Waals surface area contributed by atoms with Crippen LogP contribution in [0.25, 0.3) is 0 Å². The predicted octanol–water partition coefficient (Wildman–Crippen LogP) is 3.78. The molecule has 4 heteroatoms. The molecule has 1 heterocycles. The van der Waals surface area contributed by atoms with Crippen molar-refractivity contribution in [1.29, 1.82) is 0 Å². The van der Waals surface area contributed by atoms with E-state index < -0.39 is 0 Å². The van der Waals surface area contributed by atoms with Gasteiger partial charge in [0.25, 0.3) is 0 Å². The highest BCUT2D eigenvalue weighted by Crippen LogP contribution is 2.20. The first-order valence-electron chi connectivity index (χ1n) is 7.43. The molecule has 0 aromatic heterocycles. The highest BCUT2D eigenvalue weighted by Gasteiger charge is 2.27. The molecule has 0 saturated carbocycles. The van der Waals surface area contributed by atoms with E-state index in [1.54, 1.807) is 12.1 Å². The van der Waals surface area contributed by atoms with E-state index in [4.69, 9.17) is 11.6 Å². The van der Waals surface area contributed by atoms with Crippen LogP contribution in [0.4, 0.5) is 4.39 Å². The van der Waals surface area contributed by atoms with Crippen LogP contribution in [0.2, 0.25) is 5.02 Å². The Morgan fingerprint density at radius 1 is 1.35 bits per heavy atom. The van der Waals surface area contributed by atoms with Crippen LogP contribution in [-0.4, -0.2) is 41.5 Å². The lowest BCUT2D eigenvalue weighted by molar-refractivity contribution is 0.0452. The number of piperazine rings is 1. The Morgan fingerprint density at radius 2 is 2.10 bits per heavy atom. The van der Waals surface area contributed by atoms with Crippen molar-refractivity contribution in [3.8, 4) is 0 Å². The Kier molecular flexibility index (Phi) is 5.42. The zero-order chi connectivity index (χ0) is 14.7. The minimum absolute atomic E-state index is 0.197. The fraction of sp³-hybridized carbons (Fsp3) is 0.625. The summed E-state index contributed by atoms with van der Waals surface area (Å²) in [5.41, 5.74) is 0.738. The number of halogens is 2. The fourth-order valence-corrected chi connectivity index (χ4v) is 3.17. The molecule has 1 aliphatic rings. The molecule has 20 heavy (non-hydrogen) atoms. The van der Waals surface area contributed by atoms with Crippen LogP contribution in [0.5, 0.6) is 0 Å². The van der Waals surface area contributed by atoms with Crippen LogP contribution < -0.4 is 0 Å². The molecule has 1 aliphatic heterocycles. The third-order valence-corrected chi connectivity index (χ3v) is 4.39. The predicted molar refractivity (Wildman–Crippen MR) is 82.6 cm³/mol. The lowest BCUT2D eigenvalue weighted by atomic mass is 10.1. The van der Waals surface area contributed by atoms with Crippen LogP contribution in [-0.2, 0) is 6.54 Å². The largest absolute Gasteiger partial charge is 0.296 e. The lowest BCUT2D eigenvalue weighted by Crippen LogP contribution is -2.54. The van der Waals surface area contributed by atoms with Crippen LogP contribution >= 0.6 is 11.6 Å². The van der Waals surface area contributed by atoms with Crippen molar-refractivity contribution in [1.82, 2.24) is 9.80 Å². The number of nitrogens with zero attached hydrogens (tertiary/aromatic N) is 2. The van der Waals surface area contributed by atoms with E-state index in [1.165, 1.54) is 6.07 Å². The summed E-state index contributed by atoms with van der Waals surface area (Å²) in [4.78, 5) is 4.90. The molecular formula is C16H24ClFN2. The summed E-state index contributed by atoms with van der Waals surface area (Å²) in [6, 6.07) is 6.11. The first-order chi connectivity index (χ1) is 9.51. The number of hydrogen-bond donors (Lipinski definition) is 0. The van der Waals surface area contributed by atoms with Gasteiger partial charge in [0, 0.05) is 48.8 Å². The van der Waals surface area contributed by atoms with Gasteiger partial charge >= 0.3 is 0 Å². The molecule has 0 spiro atoms. The van der Waals surface area contributed by atoms with Crippen molar-refractivity contribution < 1.29 is 4.39 Å². The monoisotopic (exact) mass is 298 g/mol. The molecule has 0 N–H and O–H groups in total. The van der Waals surface area contributed by atoms with Gasteiger partial charge in [0.15, 0.2) is 0 Å². The summed E-state index contributed by atoms with van der Waals surface area (Å²) in [6.45, 7) is 10.5. The second kappa shape index (κ2) is 6.88. The van der Waals surface area contributed by atoms with Gasteiger partial charge in [-0.25, -0.2) is 4.39 Å². The Bertz CT molecular complexity index is 450. The molecule has 1 fully saturated rings. The van der Waals surface area contributed by atoms with Crippen LogP contribution in [0.3, 0.4) is 0 Å². The molecular weight excluding hydrogens is 275 g/mol. The van der Waals surface area contributed by atoms with Crippen LogP contribution in [0.15, 0.2) is 18.2 Å². The quantitative estimate of drug-likeness (QED) is 0.834. The number of benzene rings is 1. The molecule has 1 aromatic rings. The molecule has 0 amide bonds. The smallest absolute Gasteiger partial charge is 0.129 e. The SMILES string of the molecule is CC[C@H]1CN(Cc2ccc(Cl)cc2F)CCN1C(C)C. The second-order valence-electron chi connectivity index (χ2n) is 5.86. The molecule has 1 aromatic carbocycles. The van der Waals surface area contributed by atoms with Crippen molar-refractivity contribution in [2.24, 2.45) is 0 Å². The van der Waals surface area contributed by atoms with Crippen molar-refractivity contribution in [3.05, 3.63) is 34.6 Å². The summed E-state index contributed by atoms with van der Waals surface area (Å²) in [7, 11) is 0. The zero-order valence-corrected chi connectivity index (χ0v) is 13.3. The average molecular weight is 299 g/mol. The standard InChI is InChI=1S/C16H24ClFN2/c1-4-15-11-19(7-8-20(15)12(2)3)10-13-5-6-14(17)9-16(13)18/h5-6,9,12,15H,4,7-8,10-11H2,1-3H3/t15-/m0/s1. The minimum atomic E-state index is -0.197. The van der Waals surface area contributed by atoms with Crippen molar-refractivity contribution >= 4 is 11.6 Å². The summed E-state index contributed by atoms with van der Waals surface area (Å²) >= 11 is 5.80. The zero-order valence-electron chi connectivity index (χ0n) is 12.6. The normalized spacial score (nSPS) is 21.6. The van der Waals surface area contributed by atoms with Crippen molar-refractivity contribution in [2.75, 3.05) is 19.6 Å². The van der Waals surface area contributed by atoms with Gasteiger partial charge in [0.1, 0.15) is 5.82 Å². The molecule has 1 saturated heterocycles. The third kappa shape index (κ3) is 3.72. The summed E-state index contributed by atoms with van der Waals surface area (Å²) in [6.07, 6.45) is 1.14. The van der Waals surface area contributed by atoms with E-state index in [-0.39, 0.29) is 5.82 Å². The van der Waals surface area contributed by atoms with Crippen LogP contribution in [0, 0.1) is 5.82 Å². The first-order valence-corrected chi connectivity index (χ1v) is 7.81. The van der Waals surface area contributed by atoms with Gasteiger partial charge in [-0.3, -0.25) is 9.80 Å². The maximum Gasteiger partial charge on any atom is 0.129 e. The lowest BCUT2D eigenvalue weighted by Gasteiger charge is -2.43. The van der Waals surface area contributed by atoms with Gasteiger partial charge in [0.05, 0.1) is 0 Å². The van der Waals surface area contributed by atoms with Crippen molar-refractivity contribution in [3.63, 3.8) is 0 Å². The molecule has 112 valence electrons. The van der Waals surface area contributed by atoms with Gasteiger partial charge in [-0.05, 0) is 32.4 Å². The Balaban J connectivity index is 2.01. The van der Waals surface area contributed by atoms with E-state index in [0.717, 1.165) is 31.6 Å². The maximum absolute atomic E-state index is 13.9. The third-order valence-electron chi connectivity index (χ3n) is 4.16. The Morgan fingerprint density at radius 3 is 2.70 bits per heavy atom. The molecule has 2 rings (SSSR count). The molecule has 0 unspecified atom stereocenters. The molecule has 2 nitrogen and oxygen atoms in total. The molecule has 0 aliphatic carbocycles. The van der Waals surface area contributed by atoms with E-state index in [9.17, 15) is 4.39 Å². The summed E-state index contributed by atoms with van der Waals surface area (Å²) < 4.78 is 13.9.